The first-order chi connectivity index (χ1) is 10.1. The predicted molar refractivity (Wildman–Crippen MR) is 88.5 cm³/mol. The number of fused-ring (bicyclic) bond motifs is 1. The number of pyridine rings is 1. The van der Waals surface area contributed by atoms with Gasteiger partial charge in [-0.15, -0.1) is 0 Å². The summed E-state index contributed by atoms with van der Waals surface area (Å²) in [6, 6.07) is 9.98. The van der Waals surface area contributed by atoms with Crippen LogP contribution in [-0.4, -0.2) is 4.98 Å². The fraction of sp³-hybridized carbons (Fsp3) is 0. The third kappa shape index (κ3) is 2.66. The molecule has 6 heteroatoms. The van der Waals surface area contributed by atoms with E-state index in [2.05, 4.69) is 26.2 Å². The lowest BCUT2D eigenvalue weighted by Crippen LogP contribution is -1.99. The summed E-state index contributed by atoms with van der Waals surface area (Å²) in [4.78, 5) is 4.24. The maximum absolute atomic E-state index is 13.3. The molecule has 0 aliphatic rings. The maximum Gasteiger partial charge on any atom is 0.125 e. The number of anilines is 3. The molecule has 3 aromatic rings. The Morgan fingerprint density at radius 2 is 2.05 bits per heavy atom. The van der Waals surface area contributed by atoms with Crippen molar-refractivity contribution in [1.82, 2.24) is 4.98 Å². The van der Waals surface area contributed by atoms with Gasteiger partial charge in [-0.3, -0.25) is 4.98 Å². The van der Waals surface area contributed by atoms with Gasteiger partial charge in [-0.05, 0) is 52.3 Å². The third-order valence-corrected chi connectivity index (χ3v) is 4.02. The third-order valence-electron chi connectivity index (χ3n) is 3.09. The standard InChI is InChI=1S/C15H10BrClFN3/c16-10-6-8(18)7-11(17)15(10)21-13-4-3-12-9(14(13)19)2-1-5-20-12/h1-7,21H,19H2. The monoisotopic (exact) mass is 365 g/mol. The fourth-order valence-electron chi connectivity index (χ4n) is 2.08. The molecule has 0 spiro atoms. The predicted octanol–water partition coefficient (Wildman–Crippen LogP) is 5.12. The van der Waals surface area contributed by atoms with E-state index in [1.54, 1.807) is 6.20 Å². The zero-order valence-electron chi connectivity index (χ0n) is 10.7. The largest absolute Gasteiger partial charge is 0.396 e. The van der Waals surface area contributed by atoms with E-state index in [1.807, 2.05) is 24.3 Å². The van der Waals surface area contributed by atoms with Gasteiger partial charge in [-0.2, -0.15) is 0 Å². The highest BCUT2D eigenvalue weighted by Gasteiger charge is 2.11. The molecule has 1 heterocycles. The van der Waals surface area contributed by atoms with Gasteiger partial charge in [0, 0.05) is 16.1 Å². The zero-order chi connectivity index (χ0) is 15.0. The second kappa shape index (κ2) is 5.50. The van der Waals surface area contributed by atoms with Crippen LogP contribution in [0.1, 0.15) is 0 Å². The van der Waals surface area contributed by atoms with Crippen LogP contribution in [0.25, 0.3) is 10.9 Å². The van der Waals surface area contributed by atoms with Crippen LogP contribution in [0.3, 0.4) is 0 Å². The van der Waals surface area contributed by atoms with Crippen LogP contribution < -0.4 is 11.1 Å². The number of nitrogen functional groups attached to an aromatic ring is 1. The molecular formula is C15H10BrClFN3. The van der Waals surface area contributed by atoms with Gasteiger partial charge in [0.05, 0.1) is 27.6 Å². The lowest BCUT2D eigenvalue weighted by molar-refractivity contribution is 0.627. The van der Waals surface area contributed by atoms with E-state index < -0.39 is 5.82 Å². The lowest BCUT2D eigenvalue weighted by atomic mass is 10.1. The molecule has 21 heavy (non-hydrogen) atoms. The minimum absolute atomic E-state index is 0.271. The summed E-state index contributed by atoms with van der Waals surface area (Å²) in [5.74, 6) is -0.409. The molecule has 0 saturated heterocycles. The topological polar surface area (TPSA) is 50.9 Å². The maximum atomic E-state index is 13.3. The number of rotatable bonds is 2. The van der Waals surface area contributed by atoms with Crippen LogP contribution in [0.15, 0.2) is 47.1 Å². The van der Waals surface area contributed by atoms with E-state index in [4.69, 9.17) is 17.3 Å². The molecule has 0 aliphatic carbocycles. The minimum atomic E-state index is -0.409. The van der Waals surface area contributed by atoms with Crippen molar-refractivity contribution in [1.29, 1.82) is 0 Å². The van der Waals surface area contributed by atoms with Gasteiger partial charge >= 0.3 is 0 Å². The Morgan fingerprint density at radius 3 is 2.81 bits per heavy atom. The number of hydrogen-bond acceptors (Lipinski definition) is 3. The molecule has 0 bridgehead atoms. The quantitative estimate of drug-likeness (QED) is 0.619. The van der Waals surface area contributed by atoms with E-state index >= 15 is 0 Å². The lowest BCUT2D eigenvalue weighted by Gasteiger charge is -2.14. The van der Waals surface area contributed by atoms with Crippen molar-refractivity contribution in [2.45, 2.75) is 0 Å². The van der Waals surface area contributed by atoms with Crippen molar-refractivity contribution in [3.8, 4) is 0 Å². The second-order valence-corrected chi connectivity index (χ2v) is 5.73. The van der Waals surface area contributed by atoms with Crippen molar-refractivity contribution in [2.24, 2.45) is 0 Å². The Labute approximate surface area is 134 Å². The number of benzene rings is 2. The van der Waals surface area contributed by atoms with E-state index in [1.165, 1.54) is 12.1 Å². The molecule has 1 aromatic heterocycles. The van der Waals surface area contributed by atoms with E-state index in [0.29, 0.717) is 21.5 Å². The summed E-state index contributed by atoms with van der Waals surface area (Å²) < 4.78 is 13.8. The zero-order valence-corrected chi connectivity index (χ0v) is 13.0. The number of aromatic nitrogens is 1. The Hall–Kier alpha value is -1.85. The number of halogens is 3. The molecule has 0 unspecified atom stereocenters. The summed E-state index contributed by atoms with van der Waals surface area (Å²) in [5, 5.41) is 4.25. The smallest absolute Gasteiger partial charge is 0.125 e. The van der Waals surface area contributed by atoms with Crippen molar-refractivity contribution >= 4 is 55.5 Å². The van der Waals surface area contributed by atoms with E-state index in [0.717, 1.165) is 10.9 Å². The van der Waals surface area contributed by atoms with Crippen LogP contribution in [0.4, 0.5) is 21.5 Å². The van der Waals surface area contributed by atoms with Gasteiger partial charge in [-0.1, -0.05) is 11.6 Å². The van der Waals surface area contributed by atoms with E-state index in [9.17, 15) is 4.39 Å². The summed E-state index contributed by atoms with van der Waals surface area (Å²) in [7, 11) is 0. The molecule has 0 aliphatic heterocycles. The van der Waals surface area contributed by atoms with Gasteiger partial charge in [0.2, 0.25) is 0 Å². The molecule has 0 radical (unpaired) electrons. The Morgan fingerprint density at radius 1 is 1.24 bits per heavy atom. The van der Waals surface area contributed by atoms with Crippen LogP contribution >= 0.6 is 27.5 Å². The Kier molecular flexibility index (Phi) is 3.69. The molecule has 3 N–H and O–H groups in total. The molecule has 0 atom stereocenters. The molecule has 3 rings (SSSR count). The van der Waals surface area contributed by atoms with Gasteiger partial charge in [-0.25, -0.2) is 4.39 Å². The number of nitrogens with two attached hydrogens (primary N) is 1. The summed E-state index contributed by atoms with van der Waals surface area (Å²) in [5.41, 5.74) is 8.78. The van der Waals surface area contributed by atoms with Gasteiger partial charge in [0.25, 0.3) is 0 Å². The van der Waals surface area contributed by atoms with Gasteiger partial charge in [0.1, 0.15) is 5.82 Å². The highest BCUT2D eigenvalue weighted by Crippen LogP contribution is 2.37. The normalized spacial score (nSPS) is 10.8. The summed E-state index contributed by atoms with van der Waals surface area (Å²) in [6.45, 7) is 0. The average molecular weight is 367 g/mol. The number of nitrogens with zero attached hydrogens (tertiary/aromatic N) is 1. The Bertz CT molecular complexity index is 815. The first-order valence-corrected chi connectivity index (χ1v) is 7.28. The van der Waals surface area contributed by atoms with Crippen molar-refractivity contribution in [3.05, 3.63) is 57.9 Å². The number of hydrogen-bond donors (Lipinski definition) is 2. The second-order valence-electron chi connectivity index (χ2n) is 4.47. The van der Waals surface area contributed by atoms with Gasteiger partial charge in [0.15, 0.2) is 0 Å². The van der Waals surface area contributed by atoms with Crippen molar-refractivity contribution in [3.63, 3.8) is 0 Å². The van der Waals surface area contributed by atoms with Crippen molar-refractivity contribution < 1.29 is 4.39 Å². The SMILES string of the molecule is Nc1c(Nc2c(Cl)cc(F)cc2Br)ccc2ncccc12. The highest BCUT2D eigenvalue weighted by molar-refractivity contribution is 9.10. The average Bonchev–Trinajstić information content (AvgIpc) is 2.45. The first-order valence-electron chi connectivity index (χ1n) is 6.11. The fourth-order valence-corrected chi connectivity index (χ4v) is 2.98. The van der Waals surface area contributed by atoms with Crippen LogP contribution in [-0.2, 0) is 0 Å². The van der Waals surface area contributed by atoms with E-state index in [-0.39, 0.29) is 5.02 Å². The molecule has 0 saturated carbocycles. The molecule has 2 aromatic carbocycles. The van der Waals surface area contributed by atoms with Crippen LogP contribution in [0.5, 0.6) is 0 Å². The number of nitrogens with one attached hydrogen (secondary N) is 1. The summed E-state index contributed by atoms with van der Waals surface area (Å²) >= 11 is 9.36. The van der Waals surface area contributed by atoms with Crippen molar-refractivity contribution in [2.75, 3.05) is 11.1 Å². The molecule has 0 amide bonds. The first kappa shape index (κ1) is 14.1. The molecule has 0 fully saturated rings. The molecule has 106 valence electrons. The Balaban J connectivity index is 2.09. The molecular weight excluding hydrogens is 357 g/mol. The summed E-state index contributed by atoms with van der Waals surface area (Å²) in [6.07, 6.45) is 1.71. The van der Waals surface area contributed by atoms with Gasteiger partial charge < -0.3 is 11.1 Å². The molecule has 3 nitrogen and oxygen atoms in total. The minimum Gasteiger partial charge on any atom is -0.396 e. The van der Waals surface area contributed by atoms with Crippen LogP contribution in [0, 0.1) is 5.82 Å². The highest BCUT2D eigenvalue weighted by atomic mass is 79.9. The van der Waals surface area contributed by atoms with Crippen LogP contribution in [0.2, 0.25) is 5.02 Å².